The number of carbonyl (C=O) groups excluding carboxylic acids is 1. The Morgan fingerprint density at radius 2 is 1.89 bits per heavy atom. The molecule has 3 N–H and O–H groups in total. The van der Waals surface area contributed by atoms with Crippen molar-refractivity contribution in [2.75, 3.05) is 6.54 Å². The third-order valence-corrected chi connectivity index (χ3v) is 3.82. The second-order valence-electron chi connectivity index (χ2n) is 5.88. The van der Waals surface area contributed by atoms with Gasteiger partial charge < -0.3 is 11.1 Å². The highest BCUT2D eigenvalue weighted by atomic mass is 16.2. The molecule has 0 spiro atoms. The molecular formula is C16H26N2O. The first-order chi connectivity index (χ1) is 8.88. The highest BCUT2D eigenvalue weighted by molar-refractivity contribution is 5.81. The van der Waals surface area contributed by atoms with Crippen LogP contribution in [0.4, 0.5) is 0 Å². The summed E-state index contributed by atoms with van der Waals surface area (Å²) in [4.78, 5) is 12.0. The SMILES string of the molecule is CCC(C)C(N)C(=O)NCC(C)(C)c1ccccc1. The molecule has 0 saturated carbocycles. The largest absolute Gasteiger partial charge is 0.354 e. The number of rotatable bonds is 6. The number of amides is 1. The van der Waals surface area contributed by atoms with E-state index >= 15 is 0 Å². The molecule has 2 unspecified atom stereocenters. The van der Waals surface area contributed by atoms with Gasteiger partial charge in [0, 0.05) is 12.0 Å². The van der Waals surface area contributed by atoms with Crippen LogP contribution in [0.1, 0.15) is 39.7 Å². The number of nitrogens with one attached hydrogen (secondary N) is 1. The molecule has 0 aliphatic heterocycles. The van der Waals surface area contributed by atoms with Gasteiger partial charge >= 0.3 is 0 Å². The van der Waals surface area contributed by atoms with Crippen LogP contribution in [0.5, 0.6) is 0 Å². The van der Waals surface area contributed by atoms with Gasteiger partial charge in [-0.2, -0.15) is 0 Å². The molecule has 0 fully saturated rings. The minimum atomic E-state index is -0.420. The summed E-state index contributed by atoms with van der Waals surface area (Å²) in [5.41, 5.74) is 7.05. The minimum Gasteiger partial charge on any atom is -0.354 e. The Labute approximate surface area is 116 Å². The number of hydrogen-bond donors (Lipinski definition) is 2. The van der Waals surface area contributed by atoms with Crippen LogP contribution >= 0.6 is 0 Å². The lowest BCUT2D eigenvalue weighted by molar-refractivity contribution is -0.123. The van der Waals surface area contributed by atoms with Crippen LogP contribution in [-0.4, -0.2) is 18.5 Å². The predicted octanol–water partition coefficient (Wildman–Crippen LogP) is 2.45. The fourth-order valence-electron chi connectivity index (χ4n) is 1.93. The van der Waals surface area contributed by atoms with Crippen molar-refractivity contribution in [3.63, 3.8) is 0 Å². The van der Waals surface area contributed by atoms with Crippen molar-refractivity contribution in [3.8, 4) is 0 Å². The standard InChI is InChI=1S/C16H26N2O/c1-5-12(2)14(17)15(19)18-11-16(3,4)13-9-7-6-8-10-13/h6-10,12,14H,5,11,17H2,1-4H3,(H,18,19). The first-order valence-electron chi connectivity index (χ1n) is 6.97. The van der Waals surface area contributed by atoms with Crippen LogP contribution in [0.15, 0.2) is 30.3 Å². The third kappa shape index (κ3) is 4.35. The minimum absolute atomic E-state index is 0.0571. The van der Waals surface area contributed by atoms with Crippen LogP contribution in [0, 0.1) is 5.92 Å². The van der Waals surface area contributed by atoms with E-state index in [-0.39, 0.29) is 17.2 Å². The molecule has 0 aliphatic carbocycles. The number of carbonyl (C=O) groups is 1. The van der Waals surface area contributed by atoms with Crippen molar-refractivity contribution in [1.29, 1.82) is 0 Å². The van der Waals surface area contributed by atoms with Gasteiger partial charge in [0.15, 0.2) is 0 Å². The van der Waals surface area contributed by atoms with E-state index in [0.29, 0.717) is 6.54 Å². The van der Waals surface area contributed by atoms with Gasteiger partial charge in [-0.1, -0.05) is 64.4 Å². The van der Waals surface area contributed by atoms with E-state index in [4.69, 9.17) is 5.73 Å². The van der Waals surface area contributed by atoms with Gasteiger partial charge in [-0.25, -0.2) is 0 Å². The molecule has 1 amide bonds. The molecule has 1 rings (SSSR count). The van der Waals surface area contributed by atoms with E-state index in [1.165, 1.54) is 5.56 Å². The molecule has 1 aromatic carbocycles. The Bertz CT molecular complexity index is 400. The summed E-state index contributed by atoms with van der Waals surface area (Å²) < 4.78 is 0. The zero-order valence-corrected chi connectivity index (χ0v) is 12.4. The molecule has 1 aromatic rings. The average molecular weight is 262 g/mol. The highest BCUT2D eigenvalue weighted by Gasteiger charge is 2.24. The summed E-state index contributed by atoms with van der Waals surface area (Å²) >= 11 is 0. The van der Waals surface area contributed by atoms with Crippen molar-refractivity contribution in [3.05, 3.63) is 35.9 Å². The van der Waals surface area contributed by atoms with Crippen LogP contribution < -0.4 is 11.1 Å². The highest BCUT2D eigenvalue weighted by Crippen LogP contribution is 2.21. The van der Waals surface area contributed by atoms with Gasteiger partial charge in [0.05, 0.1) is 6.04 Å². The van der Waals surface area contributed by atoms with Crippen molar-refractivity contribution in [2.24, 2.45) is 11.7 Å². The fourth-order valence-corrected chi connectivity index (χ4v) is 1.93. The molecule has 0 radical (unpaired) electrons. The Hall–Kier alpha value is -1.35. The topological polar surface area (TPSA) is 55.1 Å². The molecule has 0 aromatic heterocycles. The molecule has 3 heteroatoms. The van der Waals surface area contributed by atoms with E-state index in [1.54, 1.807) is 0 Å². The number of benzene rings is 1. The first-order valence-corrected chi connectivity index (χ1v) is 6.97. The van der Waals surface area contributed by atoms with E-state index in [2.05, 4.69) is 31.3 Å². The van der Waals surface area contributed by atoms with E-state index in [1.807, 2.05) is 32.0 Å². The lowest BCUT2D eigenvalue weighted by Crippen LogP contribution is -2.47. The van der Waals surface area contributed by atoms with Crippen molar-refractivity contribution < 1.29 is 4.79 Å². The lowest BCUT2D eigenvalue weighted by Gasteiger charge is -2.27. The van der Waals surface area contributed by atoms with Crippen molar-refractivity contribution >= 4 is 5.91 Å². The Balaban J connectivity index is 2.59. The normalized spacial score (nSPS) is 14.8. The lowest BCUT2D eigenvalue weighted by atomic mass is 9.84. The Kier molecular flexibility index (Phi) is 5.55. The summed E-state index contributed by atoms with van der Waals surface area (Å²) in [5.74, 6) is 0.151. The molecule has 2 atom stereocenters. The molecule has 19 heavy (non-hydrogen) atoms. The molecule has 106 valence electrons. The van der Waals surface area contributed by atoms with Gasteiger partial charge in [0.25, 0.3) is 0 Å². The second kappa shape index (κ2) is 6.71. The van der Waals surface area contributed by atoms with Gasteiger partial charge in [0.2, 0.25) is 5.91 Å². The number of hydrogen-bond acceptors (Lipinski definition) is 2. The van der Waals surface area contributed by atoms with Gasteiger partial charge in [-0.05, 0) is 11.5 Å². The zero-order valence-electron chi connectivity index (χ0n) is 12.4. The van der Waals surface area contributed by atoms with Gasteiger partial charge in [0.1, 0.15) is 0 Å². The molecule has 3 nitrogen and oxygen atoms in total. The molecule has 0 aliphatic rings. The summed E-state index contributed by atoms with van der Waals surface area (Å²) in [6.07, 6.45) is 0.913. The summed E-state index contributed by atoms with van der Waals surface area (Å²) in [5, 5.41) is 2.97. The molecule has 0 heterocycles. The smallest absolute Gasteiger partial charge is 0.237 e. The van der Waals surface area contributed by atoms with Crippen LogP contribution in [0.25, 0.3) is 0 Å². The van der Waals surface area contributed by atoms with Gasteiger partial charge in [-0.3, -0.25) is 4.79 Å². The number of nitrogens with two attached hydrogens (primary N) is 1. The monoisotopic (exact) mass is 262 g/mol. The van der Waals surface area contributed by atoms with Gasteiger partial charge in [-0.15, -0.1) is 0 Å². The molecule has 0 bridgehead atoms. The van der Waals surface area contributed by atoms with Crippen LogP contribution in [0.2, 0.25) is 0 Å². The van der Waals surface area contributed by atoms with Crippen LogP contribution in [-0.2, 0) is 10.2 Å². The Morgan fingerprint density at radius 3 is 2.42 bits per heavy atom. The quantitative estimate of drug-likeness (QED) is 0.827. The average Bonchev–Trinajstić information content (AvgIpc) is 2.44. The van der Waals surface area contributed by atoms with E-state index in [0.717, 1.165) is 6.42 Å². The van der Waals surface area contributed by atoms with Crippen molar-refractivity contribution in [1.82, 2.24) is 5.32 Å². The van der Waals surface area contributed by atoms with Crippen molar-refractivity contribution in [2.45, 2.75) is 45.6 Å². The van der Waals surface area contributed by atoms with E-state index < -0.39 is 6.04 Å². The summed E-state index contributed by atoms with van der Waals surface area (Å²) in [6.45, 7) is 8.90. The predicted molar refractivity (Wildman–Crippen MR) is 79.9 cm³/mol. The summed E-state index contributed by atoms with van der Waals surface area (Å²) in [6, 6.07) is 9.78. The molecule has 0 saturated heterocycles. The zero-order chi connectivity index (χ0) is 14.5. The maximum absolute atomic E-state index is 12.0. The maximum atomic E-state index is 12.0. The second-order valence-corrected chi connectivity index (χ2v) is 5.88. The fraction of sp³-hybridized carbons (Fsp3) is 0.562. The third-order valence-electron chi connectivity index (χ3n) is 3.82. The first kappa shape index (κ1) is 15.7. The van der Waals surface area contributed by atoms with Crippen LogP contribution in [0.3, 0.4) is 0 Å². The maximum Gasteiger partial charge on any atom is 0.237 e. The van der Waals surface area contributed by atoms with E-state index in [9.17, 15) is 4.79 Å². The molecular weight excluding hydrogens is 236 g/mol. The summed E-state index contributed by atoms with van der Waals surface area (Å²) in [7, 11) is 0. The Morgan fingerprint density at radius 1 is 1.32 bits per heavy atom.